The van der Waals surface area contributed by atoms with Crippen molar-refractivity contribution < 1.29 is 0 Å². The van der Waals surface area contributed by atoms with E-state index in [1.807, 2.05) is 0 Å². The first-order valence-corrected chi connectivity index (χ1v) is 6.81. The summed E-state index contributed by atoms with van der Waals surface area (Å²) < 4.78 is 0. The quantitative estimate of drug-likeness (QED) is 0.790. The largest absolute Gasteiger partial charge is 0.299 e. The van der Waals surface area contributed by atoms with Crippen molar-refractivity contribution in [3.8, 4) is 6.07 Å². The molecule has 0 amide bonds. The van der Waals surface area contributed by atoms with Crippen molar-refractivity contribution in [2.24, 2.45) is 17.8 Å². The predicted molar refractivity (Wildman–Crippen MR) is 65.9 cm³/mol. The van der Waals surface area contributed by atoms with Gasteiger partial charge >= 0.3 is 0 Å². The Hall–Kier alpha value is -0.550. The van der Waals surface area contributed by atoms with E-state index in [1.54, 1.807) is 0 Å². The number of hydrogen-bond acceptors (Lipinski definition) is 2. The van der Waals surface area contributed by atoms with Gasteiger partial charge in [-0.1, -0.05) is 13.8 Å². The molecule has 0 atom stereocenters. The molecule has 2 saturated carbocycles. The highest BCUT2D eigenvalue weighted by atomic mass is 15.0. The van der Waals surface area contributed by atoms with Crippen LogP contribution in [0.4, 0.5) is 0 Å². The number of nitrogens with zero attached hydrogens (tertiary/aromatic N) is 1. The van der Waals surface area contributed by atoms with Crippen LogP contribution in [0.3, 0.4) is 0 Å². The van der Waals surface area contributed by atoms with E-state index >= 15 is 0 Å². The molecule has 2 nitrogen and oxygen atoms in total. The second-order valence-electron chi connectivity index (χ2n) is 6.10. The van der Waals surface area contributed by atoms with Crippen molar-refractivity contribution in [3.05, 3.63) is 0 Å². The fourth-order valence-corrected chi connectivity index (χ4v) is 2.79. The average molecular weight is 220 g/mol. The molecule has 2 heteroatoms. The Labute approximate surface area is 99.4 Å². The number of hydrogen-bond donors (Lipinski definition) is 1. The molecule has 1 N–H and O–H groups in total. The monoisotopic (exact) mass is 220 g/mol. The van der Waals surface area contributed by atoms with Gasteiger partial charge in [0.1, 0.15) is 5.54 Å². The summed E-state index contributed by atoms with van der Waals surface area (Å²) in [5.74, 6) is 2.48. The smallest absolute Gasteiger partial charge is 0.106 e. The molecule has 16 heavy (non-hydrogen) atoms. The van der Waals surface area contributed by atoms with Gasteiger partial charge in [0.15, 0.2) is 0 Å². The van der Waals surface area contributed by atoms with Crippen molar-refractivity contribution >= 4 is 0 Å². The molecule has 0 heterocycles. The van der Waals surface area contributed by atoms with Gasteiger partial charge in [-0.05, 0) is 62.8 Å². The lowest BCUT2D eigenvalue weighted by atomic mass is 9.73. The zero-order valence-electron chi connectivity index (χ0n) is 10.6. The zero-order valence-corrected chi connectivity index (χ0v) is 10.6. The van der Waals surface area contributed by atoms with Crippen LogP contribution in [0.1, 0.15) is 52.4 Å². The van der Waals surface area contributed by atoms with E-state index in [1.165, 1.54) is 25.7 Å². The molecule has 2 aliphatic rings. The molecule has 0 aliphatic heterocycles. The van der Waals surface area contributed by atoms with Gasteiger partial charge in [-0.25, -0.2) is 0 Å². The Morgan fingerprint density at radius 3 is 2.31 bits per heavy atom. The molecule has 0 saturated heterocycles. The summed E-state index contributed by atoms with van der Waals surface area (Å²) >= 11 is 0. The van der Waals surface area contributed by atoms with Gasteiger partial charge in [0.25, 0.3) is 0 Å². The fraction of sp³-hybridized carbons (Fsp3) is 0.929. The standard InChI is InChI=1S/C14H24N2/c1-11(2)13-5-7-14(10-15,8-6-13)16-9-12-3-4-12/h11-13,16H,3-9H2,1-2H3. The first-order valence-electron chi connectivity index (χ1n) is 6.81. The van der Waals surface area contributed by atoms with E-state index in [9.17, 15) is 5.26 Å². The molecule has 90 valence electrons. The first kappa shape index (κ1) is 11.9. The third-order valence-electron chi connectivity index (χ3n) is 4.47. The van der Waals surface area contributed by atoms with Crippen LogP contribution in [-0.4, -0.2) is 12.1 Å². The Bertz CT molecular complexity index is 265. The molecular weight excluding hydrogens is 196 g/mol. The normalized spacial score (nSPS) is 35.0. The molecule has 2 aliphatic carbocycles. The maximum atomic E-state index is 9.39. The van der Waals surface area contributed by atoms with Crippen molar-refractivity contribution in [3.63, 3.8) is 0 Å². The third kappa shape index (κ3) is 2.77. The van der Waals surface area contributed by atoms with E-state index < -0.39 is 0 Å². The topological polar surface area (TPSA) is 35.8 Å². The molecular formula is C14H24N2. The lowest BCUT2D eigenvalue weighted by Gasteiger charge is -2.37. The highest BCUT2D eigenvalue weighted by Crippen LogP contribution is 2.36. The SMILES string of the molecule is CC(C)C1CCC(C#N)(NCC2CC2)CC1. The molecule has 2 fully saturated rings. The van der Waals surface area contributed by atoms with E-state index in [0.29, 0.717) is 0 Å². The van der Waals surface area contributed by atoms with E-state index in [0.717, 1.165) is 37.1 Å². The zero-order chi connectivity index (χ0) is 11.6. The highest BCUT2D eigenvalue weighted by molar-refractivity contribution is 5.09. The van der Waals surface area contributed by atoms with Gasteiger partial charge in [-0.2, -0.15) is 5.26 Å². The van der Waals surface area contributed by atoms with Gasteiger partial charge in [0.05, 0.1) is 6.07 Å². The molecule has 0 bridgehead atoms. The maximum Gasteiger partial charge on any atom is 0.106 e. The second kappa shape index (κ2) is 4.75. The van der Waals surface area contributed by atoms with Gasteiger partial charge < -0.3 is 0 Å². The first-order chi connectivity index (χ1) is 7.65. The van der Waals surface area contributed by atoms with Crippen molar-refractivity contribution in [2.75, 3.05) is 6.54 Å². The minimum absolute atomic E-state index is 0.187. The van der Waals surface area contributed by atoms with E-state index in [2.05, 4.69) is 25.2 Å². The van der Waals surface area contributed by atoms with Crippen LogP contribution in [0.15, 0.2) is 0 Å². The Morgan fingerprint density at radius 2 is 1.88 bits per heavy atom. The van der Waals surface area contributed by atoms with Crippen LogP contribution in [0.2, 0.25) is 0 Å². The van der Waals surface area contributed by atoms with Crippen LogP contribution in [0.5, 0.6) is 0 Å². The molecule has 2 rings (SSSR count). The minimum atomic E-state index is -0.187. The summed E-state index contributed by atoms with van der Waals surface area (Å²) in [7, 11) is 0. The number of rotatable bonds is 4. The number of nitrogens with one attached hydrogen (secondary N) is 1. The minimum Gasteiger partial charge on any atom is -0.299 e. The van der Waals surface area contributed by atoms with Crippen LogP contribution in [0, 0.1) is 29.1 Å². The fourth-order valence-electron chi connectivity index (χ4n) is 2.79. The maximum absolute atomic E-state index is 9.39. The summed E-state index contributed by atoms with van der Waals surface area (Å²) in [6.07, 6.45) is 7.29. The highest BCUT2D eigenvalue weighted by Gasteiger charge is 2.37. The van der Waals surface area contributed by atoms with Crippen molar-refractivity contribution in [2.45, 2.75) is 57.9 Å². The van der Waals surface area contributed by atoms with E-state index in [-0.39, 0.29) is 5.54 Å². The lowest BCUT2D eigenvalue weighted by molar-refractivity contribution is 0.199. The summed E-state index contributed by atoms with van der Waals surface area (Å²) in [6.45, 7) is 5.68. The molecule has 0 aromatic heterocycles. The molecule has 0 radical (unpaired) electrons. The number of nitriles is 1. The van der Waals surface area contributed by atoms with Gasteiger partial charge in [-0.3, -0.25) is 5.32 Å². The summed E-state index contributed by atoms with van der Waals surface area (Å²) in [5.41, 5.74) is -0.187. The van der Waals surface area contributed by atoms with E-state index in [4.69, 9.17) is 0 Å². The van der Waals surface area contributed by atoms with Gasteiger partial charge in [-0.15, -0.1) is 0 Å². The molecule has 0 spiro atoms. The third-order valence-corrected chi connectivity index (χ3v) is 4.47. The van der Waals surface area contributed by atoms with Crippen molar-refractivity contribution in [1.82, 2.24) is 5.32 Å². The molecule has 0 unspecified atom stereocenters. The van der Waals surface area contributed by atoms with Crippen LogP contribution >= 0.6 is 0 Å². The van der Waals surface area contributed by atoms with Crippen LogP contribution in [0.25, 0.3) is 0 Å². The Morgan fingerprint density at radius 1 is 1.25 bits per heavy atom. The molecule has 0 aromatic rings. The summed E-state index contributed by atoms with van der Waals surface area (Å²) in [6, 6.07) is 2.55. The Kier molecular flexibility index (Phi) is 3.54. The predicted octanol–water partition coefficient (Wildman–Crippen LogP) is 3.09. The summed E-state index contributed by atoms with van der Waals surface area (Å²) in [5, 5.41) is 12.9. The van der Waals surface area contributed by atoms with Crippen LogP contribution in [-0.2, 0) is 0 Å². The second-order valence-corrected chi connectivity index (χ2v) is 6.10. The van der Waals surface area contributed by atoms with Gasteiger partial charge in [0.2, 0.25) is 0 Å². The lowest BCUT2D eigenvalue weighted by Crippen LogP contribution is -2.48. The van der Waals surface area contributed by atoms with Crippen LogP contribution < -0.4 is 5.32 Å². The van der Waals surface area contributed by atoms with Gasteiger partial charge in [0, 0.05) is 0 Å². The average Bonchev–Trinajstić information content (AvgIpc) is 3.11. The Balaban J connectivity index is 1.84. The summed E-state index contributed by atoms with van der Waals surface area (Å²) in [4.78, 5) is 0. The van der Waals surface area contributed by atoms with Crippen molar-refractivity contribution in [1.29, 1.82) is 5.26 Å². The molecule has 0 aromatic carbocycles.